The van der Waals surface area contributed by atoms with Gasteiger partial charge in [0, 0.05) is 16.5 Å². The minimum atomic E-state index is 0.417. The van der Waals surface area contributed by atoms with E-state index in [0.29, 0.717) is 12.7 Å². The molecule has 5 heteroatoms. The second-order valence-electron chi connectivity index (χ2n) is 6.69. The van der Waals surface area contributed by atoms with Gasteiger partial charge in [0.15, 0.2) is 0 Å². The van der Waals surface area contributed by atoms with E-state index < -0.39 is 0 Å². The van der Waals surface area contributed by atoms with E-state index in [-0.39, 0.29) is 0 Å². The number of anilines is 1. The molecular weight excluding hydrogens is 354 g/mol. The maximum absolute atomic E-state index is 6.05. The van der Waals surface area contributed by atoms with Crippen LogP contribution in [0.25, 0.3) is 11.3 Å². The van der Waals surface area contributed by atoms with Gasteiger partial charge < -0.3 is 4.74 Å². The third kappa shape index (κ3) is 4.81. The standard InChI is InChI=1S/C22H23N3OS/c1-2-8-17(9-3-1)21-16-27-22(24-21)25-23-14-18-10-4-5-11-19(18)15-26-20-12-6-7-13-20/h1-5,8-11,14,16,20H,6-7,12-13,15H2,(H,24,25). The predicted molar refractivity (Wildman–Crippen MR) is 112 cm³/mol. The van der Waals surface area contributed by atoms with Crippen molar-refractivity contribution in [2.45, 2.75) is 38.4 Å². The summed E-state index contributed by atoms with van der Waals surface area (Å²) in [6.07, 6.45) is 7.21. The van der Waals surface area contributed by atoms with E-state index in [4.69, 9.17) is 4.74 Å². The number of hydrogen-bond acceptors (Lipinski definition) is 5. The highest BCUT2D eigenvalue weighted by molar-refractivity contribution is 7.14. The fraction of sp³-hybridized carbons (Fsp3) is 0.273. The van der Waals surface area contributed by atoms with E-state index in [0.717, 1.165) is 22.0 Å². The summed E-state index contributed by atoms with van der Waals surface area (Å²) in [5.41, 5.74) is 7.35. The van der Waals surface area contributed by atoms with Gasteiger partial charge in [-0.25, -0.2) is 4.98 Å². The Bertz CT molecular complexity index is 885. The molecule has 1 aromatic heterocycles. The van der Waals surface area contributed by atoms with Crippen LogP contribution in [0.3, 0.4) is 0 Å². The van der Waals surface area contributed by atoms with Crippen molar-refractivity contribution < 1.29 is 4.74 Å². The van der Waals surface area contributed by atoms with E-state index in [9.17, 15) is 0 Å². The average Bonchev–Trinajstić information content (AvgIpc) is 3.40. The van der Waals surface area contributed by atoms with E-state index in [1.165, 1.54) is 31.2 Å². The zero-order valence-corrected chi connectivity index (χ0v) is 16.0. The highest BCUT2D eigenvalue weighted by Crippen LogP contribution is 2.25. The Morgan fingerprint density at radius 1 is 1.07 bits per heavy atom. The monoisotopic (exact) mass is 377 g/mol. The number of benzene rings is 2. The van der Waals surface area contributed by atoms with Crippen molar-refractivity contribution in [3.05, 3.63) is 71.1 Å². The molecule has 1 heterocycles. The number of thiazole rings is 1. The summed E-state index contributed by atoms with van der Waals surface area (Å²) in [7, 11) is 0. The number of nitrogens with one attached hydrogen (secondary N) is 1. The number of rotatable bonds is 7. The molecule has 1 aliphatic carbocycles. The number of nitrogens with zero attached hydrogens (tertiary/aromatic N) is 2. The van der Waals surface area contributed by atoms with E-state index in [2.05, 4.69) is 39.8 Å². The second kappa shape index (κ2) is 8.93. The Morgan fingerprint density at radius 3 is 2.70 bits per heavy atom. The fourth-order valence-corrected chi connectivity index (χ4v) is 3.95. The summed E-state index contributed by atoms with van der Waals surface area (Å²) >= 11 is 1.55. The van der Waals surface area contributed by atoms with Crippen molar-refractivity contribution in [2.24, 2.45) is 5.10 Å². The summed E-state index contributed by atoms with van der Waals surface area (Å²) < 4.78 is 6.05. The molecule has 0 aliphatic heterocycles. The van der Waals surface area contributed by atoms with Crippen LogP contribution < -0.4 is 5.43 Å². The Labute approximate surface area is 163 Å². The lowest BCUT2D eigenvalue weighted by Crippen LogP contribution is -2.08. The minimum absolute atomic E-state index is 0.417. The van der Waals surface area contributed by atoms with E-state index in [1.54, 1.807) is 11.3 Å². The van der Waals surface area contributed by atoms with Crippen LogP contribution in [0.4, 0.5) is 5.13 Å². The molecule has 1 N–H and O–H groups in total. The molecule has 0 bridgehead atoms. The van der Waals surface area contributed by atoms with Gasteiger partial charge in [0.1, 0.15) is 0 Å². The quantitative estimate of drug-likeness (QED) is 0.423. The normalized spacial score (nSPS) is 14.8. The lowest BCUT2D eigenvalue weighted by Gasteiger charge is -2.12. The second-order valence-corrected chi connectivity index (χ2v) is 7.55. The van der Waals surface area contributed by atoms with Crippen LogP contribution in [-0.2, 0) is 11.3 Å². The van der Waals surface area contributed by atoms with Gasteiger partial charge in [0.05, 0.1) is 24.6 Å². The van der Waals surface area contributed by atoms with Crippen molar-refractivity contribution >= 4 is 22.7 Å². The smallest absolute Gasteiger partial charge is 0.203 e. The Hall–Kier alpha value is -2.50. The first-order valence-electron chi connectivity index (χ1n) is 9.38. The molecule has 0 atom stereocenters. The molecule has 1 fully saturated rings. The van der Waals surface area contributed by atoms with Gasteiger partial charge in [-0.3, -0.25) is 5.43 Å². The Morgan fingerprint density at radius 2 is 1.85 bits per heavy atom. The van der Waals surface area contributed by atoms with Crippen LogP contribution in [0.15, 0.2) is 65.1 Å². The molecule has 27 heavy (non-hydrogen) atoms. The van der Waals surface area contributed by atoms with Crippen molar-refractivity contribution in [1.29, 1.82) is 0 Å². The number of ether oxygens (including phenoxy) is 1. The molecule has 0 spiro atoms. The third-order valence-corrected chi connectivity index (χ3v) is 5.52. The Kier molecular flexibility index (Phi) is 5.92. The zero-order chi connectivity index (χ0) is 18.3. The van der Waals surface area contributed by atoms with Gasteiger partial charge in [-0.05, 0) is 18.4 Å². The largest absolute Gasteiger partial charge is 0.374 e. The van der Waals surface area contributed by atoms with Crippen LogP contribution in [0.1, 0.15) is 36.8 Å². The summed E-state index contributed by atoms with van der Waals surface area (Å²) in [4.78, 5) is 4.59. The number of hydrazone groups is 1. The predicted octanol–water partition coefficient (Wildman–Crippen LogP) is 5.72. The zero-order valence-electron chi connectivity index (χ0n) is 15.2. The van der Waals surface area contributed by atoms with Crippen LogP contribution >= 0.6 is 11.3 Å². The molecule has 0 unspecified atom stereocenters. The van der Waals surface area contributed by atoms with E-state index in [1.807, 2.05) is 41.9 Å². The molecule has 4 rings (SSSR count). The van der Waals surface area contributed by atoms with Crippen LogP contribution in [0.2, 0.25) is 0 Å². The first kappa shape index (κ1) is 17.9. The molecule has 138 valence electrons. The molecule has 0 amide bonds. The fourth-order valence-electron chi connectivity index (χ4n) is 3.28. The van der Waals surface area contributed by atoms with Crippen molar-refractivity contribution in [2.75, 3.05) is 5.43 Å². The summed E-state index contributed by atoms with van der Waals surface area (Å²) in [6, 6.07) is 18.4. The van der Waals surface area contributed by atoms with Gasteiger partial charge >= 0.3 is 0 Å². The lowest BCUT2D eigenvalue weighted by atomic mass is 10.1. The molecule has 1 saturated carbocycles. The maximum Gasteiger partial charge on any atom is 0.203 e. The molecule has 2 aromatic carbocycles. The van der Waals surface area contributed by atoms with Gasteiger partial charge in [-0.1, -0.05) is 67.4 Å². The molecule has 0 radical (unpaired) electrons. The summed E-state index contributed by atoms with van der Waals surface area (Å²) in [6.45, 7) is 0.641. The van der Waals surface area contributed by atoms with Gasteiger partial charge in [0.2, 0.25) is 5.13 Å². The van der Waals surface area contributed by atoms with Gasteiger partial charge in [-0.2, -0.15) is 5.10 Å². The SMILES string of the molecule is C(=NNc1nc(-c2ccccc2)cs1)c1ccccc1COC1CCCC1. The molecule has 4 nitrogen and oxygen atoms in total. The van der Waals surface area contributed by atoms with Crippen LogP contribution in [-0.4, -0.2) is 17.3 Å². The molecule has 1 aliphatic rings. The van der Waals surface area contributed by atoms with Crippen LogP contribution in [0.5, 0.6) is 0 Å². The highest BCUT2D eigenvalue weighted by atomic mass is 32.1. The summed E-state index contributed by atoms with van der Waals surface area (Å²) in [5, 5.41) is 7.20. The number of hydrogen-bond donors (Lipinski definition) is 1. The van der Waals surface area contributed by atoms with E-state index >= 15 is 0 Å². The van der Waals surface area contributed by atoms with Crippen LogP contribution in [0, 0.1) is 0 Å². The summed E-state index contributed by atoms with van der Waals surface area (Å²) in [5.74, 6) is 0. The molecule has 0 saturated heterocycles. The minimum Gasteiger partial charge on any atom is -0.374 e. The topological polar surface area (TPSA) is 46.5 Å². The van der Waals surface area contributed by atoms with Crippen molar-refractivity contribution in [3.63, 3.8) is 0 Å². The first-order chi connectivity index (χ1) is 13.4. The molecule has 3 aromatic rings. The van der Waals surface area contributed by atoms with Gasteiger partial charge in [-0.15, -0.1) is 11.3 Å². The van der Waals surface area contributed by atoms with Crippen molar-refractivity contribution in [1.82, 2.24) is 4.98 Å². The Balaban J connectivity index is 1.38. The third-order valence-electron chi connectivity index (χ3n) is 4.77. The average molecular weight is 378 g/mol. The maximum atomic E-state index is 6.05. The van der Waals surface area contributed by atoms with Gasteiger partial charge in [0.25, 0.3) is 0 Å². The number of aromatic nitrogens is 1. The highest BCUT2D eigenvalue weighted by Gasteiger charge is 2.15. The first-order valence-corrected chi connectivity index (χ1v) is 10.3. The molecular formula is C22H23N3OS. The lowest BCUT2D eigenvalue weighted by molar-refractivity contribution is 0.0456. The van der Waals surface area contributed by atoms with Crippen molar-refractivity contribution in [3.8, 4) is 11.3 Å².